The van der Waals surface area contributed by atoms with E-state index >= 15 is 0 Å². The molecule has 0 aromatic heterocycles. The first-order valence-electron chi connectivity index (χ1n) is 5.57. The Kier molecular flexibility index (Phi) is 5.26. The van der Waals surface area contributed by atoms with Crippen LogP contribution in [0.2, 0.25) is 0 Å². The van der Waals surface area contributed by atoms with E-state index in [1.807, 2.05) is 0 Å². The highest BCUT2D eigenvalue weighted by atomic mass is 79.9. The molecule has 0 aliphatic carbocycles. The van der Waals surface area contributed by atoms with Crippen LogP contribution >= 0.6 is 15.9 Å². The minimum absolute atomic E-state index is 0.347. The standard InChI is InChI=1S/C11H22BrNOS/c1-11(2,3)10(8-12)9-13-4-6-15(14)7-5-13/h10H,4-9H2,1-3H3. The van der Waals surface area contributed by atoms with E-state index in [0.717, 1.165) is 36.5 Å². The van der Waals surface area contributed by atoms with Crippen LogP contribution < -0.4 is 0 Å². The van der Waals surface area contributed by atoms with Crippen molar-refractivity contribution in [2.75, 3.05) is 36.5 Å². The van der Waals surface area contributed by atoms with Crippen LogP contribution in [0.15, 0.2) is 0 Å². The predicted octanol–water partition coefficient (Wildman–Crippen LogP) is 2.11. The van der Waals surface area contributed by atoms with Gasteiger partial charge >= 0.3 is 0 Å². The second kappa shape index (κ2) is 5.78. The van der Waals surface area contributed by atoms with Crippen molar-refractivity contribution < 1.29 is 4.21 Å². The van der Waals surface area contributed by atoms with Gasteiger partial charge in [0.25, 0.3) is 0 Å². The van der Waals surface area contributed by atoms with Crippen molar-refractivity contribution in [2.45, 2.75) is 20.8 Å². The van der Waals surface area contributed by atoms with Crippen molar-refractivity contribution in [1.82, 2.24) is 4.90 Å². The van der Waals surface area contributed by atoms with Gasteiger partial charge < -0.3 is 4.90 Å². The lowest BCUT2D eigenvalue weighted by Gasteiger charge is -2.35. The van der Waals surface area contributed by atoms with Crippen molar-refractivity contribution in [1.29, 1.82) is 0 Å². The number of nitrogens with zero attached hydrogens (tertiary/aromatic N) is 1. The van der Waals surface area contributed by atoms with E-state index < -0.39 is 10.8 Å². The molecule has 4 heteroatoms. The van der Waals surface area contributed by atoms with Gasteiger partial charge in [0, 0.05) is 47.3 Å². The summed E-state index contributed by atoms with van der Waals surface area (Å²) in [6, 6.07) is 0. The third-order valence-corrected chi connectivity index (χ3v) is 5.22. The van der Waals surface area contributed by atoms with Crippen molar-refractivity contribution in [3.8, 4) is 0 Å². The van der Waals surface area contributed by atoms with Gasteiger partial charge in [-0.3, -0.25) is 4.21 Å². The summed E-state index contributed by atoms with van der Waals surface area (Å²) in [5.74, 6) is 2.39. The third kappa shape index (κ3) is 4.53. The van der Waals surface area contributed by atoms with Gasteiger partial charge in [-0.2, -0.15) is 0 Å². The fraction of sp³-hybridized carbons (Fsp3) is 1.00. The Morgan fingerprint density at radius 2 is 1.87 bits per heavy atom. The maximum atomic E-state index is 11.2. The van der Waals surface area contributed by atoms with Crippen molar-refractivity contribution in [2.24, 2.45) is 11.3 Å². The zero-order valence-electron chi connectivity index (χ0n) is 9.96. The highest BCUT2D eigenvalue weighted by Crippen LogP contribution is 2.28. The zero-order chi connectivity index (χ0) is 11.5. The van der Waals surface area contributed by atoms with Crippen molar-refractivity contribution >= 4 is 26.7 Å². The molecule has 0 saturated carbocycles. The highest BCUT2D eigenvalue weighted by Gasteiger charge is 2.27. The van der Waals surface area contributed by atoms with Gasteiger partial charge in [0.2, 0.25) is 0 Å². The first-order valence-corrected chi connectivity index (χ1v) is 8.17. The molecular formula is C11H22BrNOS. The fourth-order valence-electron chi connectivity index (χ4n) is 1.72. The maximum Gasteiger partial charge on any atom is 0.0363 e. The molecule has 1 aliphatic rings. The molecule has 1 unspecified atom stereocenters. The fourth-order valence-corrected chi connectivity index (χ4v) is 4.03. The minimum atomic E-state index is -0.552. The van der Waals surface area contributed by atoms with Gasteiger partial charge in [-0.25, -0.2) is 0 Å². The lowest BCUT2D eigenvalue weighted by Crippen LogP contribution is -2.43. The summed E-state index contributed by atoms with van der Waals surface area (Å²) >= 11 is 3.60. The second-order valence-electron chi connectivity index (χ2n) is 5.37. The van der Waals surface area contributed by atoms with Crippen molar-refractivity contribution in [3.63, 3.8) is 0 Å². The molecule has 1 rings (SSSR count). The largest absolute Gasteiger partial charge is 0.301 e. The zero-order valence-corrected chi connectivity index (χ0v) is 12.4. The molecule has 0 aromatic carbocycles. The van der Waals surface area contributed by atoms with Crippen LogP contribution in [-0.2, 0) is 10.8 Å². The average molecular weight is 296 g/mol. The highest BCUT2D eigenvalue weighted by molar-refractivity contribution is 9.09. The minimum Gasteiger partial charge on any atom is -0.301 e. The molecule has 1 atom stereocenters. The van der Waals surface area contributed by atoms with E-state index in [-0.39, 0.29) is 0 Å². The maximum absolute atomic E-state index is 11.2. The molecule has 0 bridgehead atoms. The molecule has 0 aromatic rings. The van der Waals surface area contributed by atoms with Crippen LogP contribution in [-0.4, -0.2) is 45.6 Å². The van der Waals surface area contributed by atoms with Crippen LogP contribution in [0, 0.1) is 11.3 Å². The quantitative estimate of drug-likeness (QED) is 0.744. The summed E-state index contributed by atoms with van der Waals surface area (Å²) in [7, 11) is -0.552. The van der Waals surface area contributed by atoms with Gasteiger partial charge in [0.15, 0.2) is 0 Å². The molecule has 0 N–H and O–H groups in total. The van der Waals surface area contributed by atoms with Gasteiger partial charge in [-0.05, 0) is 11.3 Å². The lowest BCUT2D eigenvalue weighted by molar-refractivity contribution is 0.174. The van der Waals surface area contributed by atoms with Gasteiger partial charge in [0.1, 0.15) is 0 Å². The Morgan fingerprint density at radius 1 is 1.33 bits per heavy atom. The monoisotopic (exact) mass is 295 g/mol. The SMILES string of the molecule is CC(C)(C)C(CBr)CN1CCS(=O)CC1. The number of alkyl halides is 1. The van der Waals surface area contributed by atoms with Crippen LogP contribution in [0.3, 0.4) is 0 Å². The summed E-state index contributed by atoms with van der Waals surface area (Å²) < 4.78 is 11.2. The number of hydrogen-bond donors (Lipinski definition) is 0. The smallest absolute Gasteiger partial charge is 0.0363 e. The molecule has 1 saturated heterocycles. The Hall–Kier alpha value is 0.590. The topological polar surface area (TPSA) is 20.3 Å². The molecule has 90 valence electrons. The Labute approximate surface area is 104 Å². The summed E-state index contributed by atoms with van der Waals surface area (Å²) in [5.41, 5.74) is 0.347. The molecule has 15 heavy (non-hydrogen) atoms. The molecule has 1 fully saturated rings. The van der Waals surface area contributed by atoms with Crippen LogP contribution in [0.5, 0.6) is 0 Å². The van der Waals surface area contributed by atoms with E-state index in [0.29, 0.717) is 11.3 Å². The number of rotatable bonds is 3. The Balaban J connectivity index is 2.42. The van der Waals surface area contributed by atoms with Gasteiger partial charge in [0.05, 0.1) is 0 Å². The summed E-state index contributed by atoms with van der Waals surface area (Å²) in [6.45, 7) is 10.0. The van der Waals surface area contributed by atoms with E-state index in [9.17, 15) is 4.21 Å². The summed E-state index contributed by atoms with van der Waals surface area (Å²) in [6.07, 6.45) is 0. The molecule has 2 nitrogen and oxygen atoms in total. The van der Waals surface area contributed by atoms with E-state index in [4.69, 9.17) is 0 Å². The van der Waals surface area contributed by atoms with Crippen LogP contribution in [0.4, 0.5) is 0 Å². The molecule has 0 radical (unpaired) electrons. The van der Waals surface area contributed by atoms with Crippen LogP contribution in [0.25, 0.3) is 0 Å². The Bertz CT molecular complexity index is 217. The molecule has 1 heterocycles. The average Bonchev–Trinajstić information content (AvgIpc) is 2.15. The normalized spacial score (nSPS) is 22.9. The third-order valence-electron chi connectivity index (χ3n) is 3.16. The summed E-state index contributed by atoms with van der Waals surface area (Å²) in [4.78, 5) is 2.46. The number of hydrogen-bond acceptors (Lipinski definition) is 2. The second-order valence-corrected chi connectivity index (χ2v) is 7.71. The predicted molar refractivity (Wildman–Crippen MR) is 71.1 cm³/mol. The molecule has 0 spiro atoms. The molecule has 1 aliphatic heterocycles. The van der Waals surface area contributed by atoms with Gasteiger partial charge in [-0.1, -0.05) is 36.7 Å². The summed E-state index contributed by atoms with van der Waals surface area (Å²) in [5, 5.41) is 1.05. The van der Waals surface area contributed by atoms with E-state index in [2.05, 4.69) is 41.6 Å². The molecular weight excluding hydrogens is 274 g/mol. The van der Waals surface area contributed by atoms with Gasteiger partial charge in [-0.15, -0.1) is 0 Å². The lowest BCUT2D eigenvalue weighted by atomic mass is 9.82. The van der Waals surface area contributed by atoms with E-state index in [1.165, 1.54) is 0 Å². The Morgan fingerprint density at radius 3 is 2.27 bits per heavy atom. The molecule has 0 amide bonds. The van der Waals surface area contributed by atoms with Crippen LogP contribution in [0.1, 0.15) is 20.8 Å². The first kappa shape index (κ1) is 13.7. The number of halogens is 1. The van der Waals surface area contributed by atoms with E-state index in [1.54, 1.807) is 0 Å². The van der Waals surface area contributed by atoms with Crippen molar-refractivity contribution in [3.05, 3.63) is 0 Å². The first-order chi connectivity index (χ1) is 6.93.